The normalized spacial score (nSPS) is 12.2. The number of rotatable bonds is 10. The minimum Gasteiger partial charge on any atom is -0.504 e. The van der Waals surface area contributed by atoms with Crippen molar-refractivity contribution >= 4 is 34.3 Å². The molecule has 40 heavy (non-hydrogen) atoms. The lowest BCUT2D eigenvalue weighted by atomic mass is 9.82. The number of fused-ring (bicyclic) bond motifs is 2. The van der Waals surface area contributed by atoms with E-state index in [-0.39, 0.29) is 33.6 Å². The Morgan fingerprint density at radius 1 is 0.575 bits per heavy atom. The van der Waals surface area contributed by atoms with Crippen LogP contribution in [0.1, 0.15) is 82.5 Å². The fourth-order valence-corrected chi connectivity index (χ4v) is 5.13. The summed E-state index contributed by atoms with van der Waals surface area (Å²) in [4.78, 5) is 27.3. The molecule has 0 saturated carbocycles. The molecule has 5 rings (SSSR count). The highest BCUT2D eigenvalue weighted by Gasteiger charge is 2.38. The molecule has 0 bridgehead atoms. The first kappa shape index (κ1) is 27.0. The quantitative estimate of drug-likeness (QED) is 0.107. The molecule has 204 valence electrons. The van der Waals surface area contributed by atoms with Crippen LogP contribution in [0.15, 0.2) is 72.8 Å². The summed E-state index contributed by atoms with van der Waals surface area (Å²) in [7, 11) is 0. The predicted octanol–water partition coefficient (Wildman–Crippen LogP) is 8.05. The largest absolute Gasteiger partial charge is 0.504 e. The van der Waals surface area contributed by atoms with Crippen molar-refractivity contribution in [1.29, 1.82) is 0 Å². The van der Waals surface area contributed by atoms with Gasteiger partial charge in [-0.25, -0.2) is 0 Å². The third-order valence-corrected chi connectivity index (χ3v) is 7.40. The lowest BCUT2D eigenvalue weighted by Crippen LogP contribution is -2.23. The van der Waals surface area contributed by atoms with Crippen molar-refractivity contribution in [3.8, 4) is 11.5 Å². The van der Waals surface area contributed by atoms with E-state index in [4.69, 9.17) is 0 Å². The standard InChI is InChI=1S/C34H34N2O4/c1-3-5-9-21-13-17-23(18-14-21)35-29-27-28(32(38)26-12-8-7-11-25(26)31(27)37)33(39)34(40)30(29)36-24-19-15-22(16-20-24)10-6-4-2/h7-8,11-20,35-36,39-40H,3-6,9-10H2,1-2H3. The lowest BCUT2D eigenvalue weighted by molar-refractivity contribution is 0.0977. The molecule has 0 spiro atoms. The third-order valence-electron chi connectivity index (χ3n) is 7.40. The van der Waals surface area contributed by atoms with Gasteiger partial charge in [0.15, 0.2) is 23.1 Å². The first-order chi connectivity index (χ1) is 19.4. The average Bonchev–Trinajstić information content (AvgIpc) is 2.98. The third kappa shape index (κ3) is 5.17. The van der Waals surface area contributed by atoms with Crippen molar-refractivity contribution in [2.75, 3.05) is 10.6 Å². The number of benzene rings is 4. The number of carbonyl (C=O) groups is 2. The van der Waals surface area contributed by atoms with Gasteiger partial charge in [0.05, 0.1) is 16.8 Å². The van der Waals surface area contributed by atoms with Gasteiger partial charge in [-0.05, 0) is 61.1 Å². The molecule has 6 heteroatoms. The number of phenolic OH excluding ortho intramolecular Hbond substituents is 2. The number of nitrogens with one attached hydrogen (secondary N) is 2. The van der Waals surface area contributed by atoms with Crippen LogP contribution in [-0.2, 0) is 12.8 Å². The Bertz CT molecular complexity index is 1560. The number of ketones is 2. The number of aromatic hydroxyl groups is 2. The second-order valence-corrected chi connectivity index (χ2v) is 10.3. The Morgan fingerprint density at radius 3 is 1.50 bits per heavy atom. The second kappa shape index (κ2) is 11.7. The van der Waals surface area contributed by atoms with E-state index in [0.717, 1.165) is 38.5 Å². The minimum absolute atomic E-state index is 0.0242. The fraction of sp³-hybridized carbons (Fsp3) is 0.235. The van der Waals surface area contributed by atoms with Crippen LogP contribution in [-0.4, -0.2) is 21.8 Å². The maximum absolute atomic E-state index is 13.8. The van der Waals surface area contributed by atoms with Gasteiger partial charge in [-0.15, -0.1) is 0 Å². The molecule has 4 aromatic rings. The number of unbranched alkanes of at least 4 members (excludes halogenated alkanes) is 2. The van der Waals surface area contributed by atoms with E-state index in [2.05, 4.69) is 24.5 Å². The highest BCUT2D eigenvalue weighted by molar-refractivity contribution is 6.32. The van der Waals surface area contributed by atoms with Gasteiger partial charge in [0.2, 0.25) is 0 Å². The van der Waals surface area contributed by atoms with Crippen LogP contribution in [0.2, 0.25) is 0 Å². The molecule has 0 atom stereocenters. The molecule has 0 heterocycles. The highest BCUT2D eigenvalue weighted by atomic mass is 16.3. The summed E-state index contributed by atoms with van der Waals surface area (Å²) in [6, 6.07) is 22.2. The SMILES string of the molecule is CCCCc1ccc(Nc2c(O)c(O)c3c(c2Nc2ccc(CCCC)cc2)C(=O)c2ccccc2C3=O)cc1. The van der Waals surface area contributed by atoms with Gasteiger partial charge in [0.25, 0.3) is 0 Å². The minimum atomic E-state index is -0.620. The van der Waals surface area contributed by atoms with Crippen molar-refractivity contribution in [3.05, 3.63) is 106 Å². The molecular weight excluding hydrogens is 500 g/mol. The van der Waals surface area contributed by atoms with Crippen LogP contribution >= 0.6 is 0 Å². The zero-order valence-corrected chi connectivity index (χ0v) is 22.9. The van der Waals surface area contributed by atoms with Crippen molar-refractivity contribution in [1.82, 2.24) is 0 Å². The van der Waals surface area contributed by atoms with Gasteiger partial charge in [-0.3, -0.25) is 9.59 Å². The molecule has 0 unspecified atom stereocenters. The average molecular weight is 535 g/mol. The molecule has 0 saturated heterocycles. The Hall–Kier alpha value is -4.58. The number of anilines is 4. The van der Waals surface area contributed by atoms with Gasteiger partial charge in [0, 0.05) is 22.5 Å². The van der Waals surface area contributed by atoms with E-state index >= 15 is 0 Å². The zero-order valence-electron chi connectivity index (χ0n) is 22.9. The van der Waals surface area contributed by atoms with Crippen LogP contribution in [0, 0.1) is 0 Å². The van der Waals surface area contributed by atoms with Crippen LogP contribution < -0.4 is 10.6 Å². The summed E-state index contributed by atoms with van der Waals surface area (Å²) in [5, 5.41) is 28.8. The molecule has 0 fully saturated rings. The Kier molecular flexibility index (Phi) is 7.87. The Balaban J connectivity index is 1.62. The number of phenols is 2. The summed E-state index contributed by atoms with van der Waals surface area (Å²) < 4.78 is 0. The van der Waals surface area contributed by atoms with Crippen LogP contribution in [0.25, 0.3) is 0 Å². The topological polar surface area (TPSA) is 98.7 Å². The monoisotopic (exact) mass is 534 g/mol. The van der Waals surface area contributed by atoms with Gasteiger partial charge in [0.1, 0.15) is 5.69 Å². The Morgan fingerprint density at radius 2 is 1.02 bits per heavy atom. The van der Waals surface area contributed by atoms with E-state index in [9.17, 15) is 19.8 Å². The summed E-state index contributed by atoms with van der Waals surface area (Å²) in [6.45, 7) is 4.30. The maximum atomic E-state index is 13.8. The van der Waals surface area contributed by atoms with Crippen LogP contribution in [0.4, 0.5) is 22.7 Å². The number of aryl methyl sites for hydroxylation is 2. The van der Waals surface area contributed by atoms with Crippen molar-refractivity contribution in [2.24, 2.45) is 0 Å². The molecule has 4 aromatic carbocycles. The summed E-state index contributed by atoms with van der Waals surface area (Å²) in [5.74, 6) is -2.04. The van der Waals surface area contributed by atoms with Gasteiger partial charge in [-0.1, -0.05) is 75.2 Å². The smallest absolute Gasteiger partial charge is 0.198 e. The van der Waals surface area contributed by atoms with Crippen molar-refractivity contribution in [3.63, 3.8) is 0 Å². The van der Waals surface area contributed by atoms with E-state index < -0.39 is 23.1 Å². The molecule has 1 aliphatic rings. The van der Waals surface area contributed by atoms with E-state index in [1.54, 1.807) is 24.3 Å². The molecular formula is C34H34N2O4. The second-order valence-electron chi connectivity index (χ2n) is 10.3. The molecule has 0 amide bonds. The first-order valence-electron chi connectivity index (χ1n) is 13.9. The van der Waals surface area contributed by atoms with E-state index in [1.807, 2.05) is 48.5 Å². The summed E-state index contributed by atoms with van der Waals surface area (Å²) in [5.41, 5.74) is 4.38. The molecule has 1 aliphatic carbocycles. The number of carbonyl (C=O) groups excluding carboxylic acids is 2. The first-order valence-corrected chi connectivity index (χ1v) is 13.9. The zero-order chi connectivity index (χ0) is 28.2. The van der Waals surface area contributed by atoms with E-state index in [0.29, 0.717) is 11.4 Å². The maximum Gasteiger partial charge on any atom is 0.198 e. The fourth-order valence-electron chi connectivity index (χ4n) is 5.13. The van der Waals surface area contributed by atoms with Crippen LogP contribution in [0.3, 0.4) is 0 Å². The van der Waals surface area contributed by atoms with E-state index in [1.165, 1.54) is 11.1 Å². The summed E-state index contributed by atoms with van der Waals surface area (Å²) >= 11 is 0. The Labute approximate surface area is 234 Å². The molecule has 6 nitrogen and oxygen atoms in total. The lowest BCUT2D eigenvalue weighted by Gasteiger charge is -2.26. The number of hydrogen-bond acceptors (Lipinski definition) is 6. The highest BCUT2D eigenvalue weighted by Crippen LogP contribution is 2.50. The van der Waals surface area contributed by atoms with Gasteiger partial charge < -0.3 is 20.8 Å². The molecule has 0 radical (unpaired) electrons. The van der Waals surface area contributed by atoms with Gasteiger partial charge >= 0.3 is 0 Å². The van der Waals surface area contributed by atoms with Crippen LogP contribution in [0.5, 0.6) is 11.5 Å². The molecule has 0 aromatic heterocycles. The van der Waals surface area contributed by atoms with Gasteiger partial charge in [-0.2, -0.15) is 0 Å². The summed E-state index contributed by atoms with van der Waals surface area (Å²) in [6.07, 6.45) is 6.33. The predicted molar refractivity (Wildman–Crippen MR) is 160 cm³/mol. The number of hydrogen-bond donors (Lipinski definition) is 4. The molecule has 0 aliphatic heterocycles. The molecule has 4 N–H and O–H groups in total. The van der Waals surface area contributed by atoms with Crippen molar-refractivity contribution in [2.45, 2.75) is 52.4 Å². The van der Waals surface area contributed by atoms with Crippen molar-refractivity contribution < 1.29 is 19.8 Å².